The molecule has 0 aromatic rings. The summed E-state index contributed by atoms with van der Waals surface area (Å²) in [6, 6.07) is -0.556. The van der Waals surface area contributed by atoms with Crippen molar-refractivity contribution in [2.45, 2.75) is 63.6 Å². The summed E-state index contributed by atoms with van der Waals surface area (Å²) in [5.74, 6) is -1.03. The molecule has 0 spiro atoms. The zero-order chi connectivity index (χ0) is 13.8. The molecule has 1 saturated carbocycles. The first kappa shape index (κ1) is 14.8. The topological polar surface area (TPSA) is 104 Å². The molecule has 6 heteroatoms. The molecule has 104 valence electrons. The Morgan fingerprint density at radius 1 is 1.39 bits per heavy atom. The summed E-state index contributed by atoms with van der Waals surface area (Å²) in [4.78, 5) is 22.9. The van der Waals surface area contributed by atoms with E-state index in [4.69, 9.17) is 10.8 Å². The Bertz CT molecular complexity index is 322. The number of nitrogens with one attached hydrogen (secondary N) is 2. The van der Waals surface area contributed by atoms with Gasteiger partial charge < -0.3 is 21.5 Å². The fourth-order valence-corrected chi connectivity index (χ4v) is 2.09. The van der Waals surface area contributed by atoms with Gasteiger partial charge in [0.2, 0.25) is 0 Å². The Hall–Kier alpha value is -1.30. The van der Waals surface area contributed by atoms with Crippen molar-refractivity contribution in [3.05, 3.63) is 0 Å². The number of carboxylic acids is 1. The lowest BCUT2D eigenvalue weighted by molar-refractivity contribution is -0.143. The first-order valence-electron chi connectivity index (χ1n) is 6.46. The first-order valence-corrected chi connectivity index (χ1v) is 6.46. The predicted octanol–water partition coefficient (Wildman–Crippen LogP) is 0.809. The van der Waals surface area contributed by atoms with Crippen molar-refractivity contribution in [1.29, 1.82) is 0 Å². The van der Waals surface area contributed by atoms with Crippen LogP contribution in [0.3, 0.4) is 0 Å². The van der Waals surface area contributed by atoms with Crippen molar-refractivity contribution < 1.29 is 14.7 Å². The van der Waals surface area contributed by atoms with Gasteiger partial charge >= 0.3 is 12.0 Å². The SMILES string of the molecule is CCC(C)(NC(=O)NC1CCCCC1N)C(=O)O. The number of rotatable bonds is 4. The Morgan fingerprint density at radius 3 is 2.50 bits per heavy atom. The minimum Gasteiger partial charge on any atom is -0.480 e. The summed E-state index contributed by atoms with van der Waals surface area (Å²) < 4.78 is 0. The maximum Gasteiger partial charge on any atom is 0.329 e. The second-order valence-electron chi connectivity index (χ2n) is 5.14. The van der Waals surface area contributed by atoms with Crippen molar-refractivity contribution in [3.8, 4) is 0 Å². The van der Waals surface area contributed by atoms with Crippen molar-refractivity contribution >= 4 is 12.0 Å². The van der Waals surface area contributed by atoms with E-state index in [1.807, 2.05) is 0 Å². The van der Waals surface area contributed by atoms with E-state index in [0.717, 1.165) is 25.7 Å². The van der Waals surface area contributed by atoms with E-state index in [1.54, 1.807) is 6.92 Å². The summed E-state index contributed by atoms with van der Waals surface area (Å²) in [6.07, 6.45) is 4.21. The molecule has 0 saturated heterocycles. The molecule has 18 heavy (non-hydrogen) atoms. The largest absolute Gasteiger partial charge is 0.480 e. The van der Waals surface area contributed by atoms with Crippen LogP contribution in [0.2, 0.25) is 0 Å². The minimum atomic E-state index is -1.23. The van der Waals surface area contributed by atoms with E-state index in [9.17, 15) is 9.59 Å². The Morgan fingerprint density at radius 2 is 2.00 bits per heavy atom. The monoisotopic (exact) mass is 257 g/mol. The van der Waals surface area contributed by atoms with Crippen LogP contribution in [-0.2, 0) is 4.79 Å². The average Bonchev–Trinajstić information content (AvgIpc) is 2.31. The molecule has 5 N–H and O–H groups in total. The lowest BCUT2D eigenvalue weighted by Gasteiger charge is -2.31. The number of carbonyl (C=O) groups is 2. The number of carbonyl (C=O) groups excluding carboxylic acids is 1. The standard InChI is InChI=1S/C12H23N3O3/c1-3-12(2,10(16)17)15-11(18)14-9-7-5-4-6-8(9)13/h8-9H,3-7,13H2,1-2H3,(H,16,17)(H2,14,15,18). The molecule has 0 heterocycles. The molecule has 1 aliphatic carbocycles. The first-order chi connectivity index (χ1) is 8.39. The second kappa shape index (κ2) is 6.04. The van der Waals surface area contributed by atoms with Gasteiger partial charge in [0.15, 0.2) is 0 Å². The van der Waals surface area contributed by atoms with Crippen molar-refractivity contribution in [2.24, 2.45) is 5.73 Å². The summed E-state index contributed by atoms with van der Waals surface area (Å²) in [5, 5.41) is 14.4. The number of amides is 2. The highest BCUT2D eigenvalue weighted by Crippen LogP contribution is 2.17. The molecule has 3 unspecified atom stereocenters. The maximum absolute atomic E-state index is 11.8. The van der Waals surface area contributed by atoms with E-state index < -0.39 is 17.5 Å². The molecule has 3 atom stereocenters. The smallest absolute Gasteiger partial charge is 0.329 e. The molecule has 6 nitrogen and oxygen atoms in total. The molecular weight excluding hydrogens is 234 g/mol. The number of nitrogens with two attached hydrogens (primary N) is 1. The van der Waals surface area contributed by atoms with Crippen molar-refractivity contribution in [1.82, 2.24) is 10.6 Å². The normalized spacial score (nSPS) is 27.1. The molecular formula is C12H23N3O3. The van der Waals surface area contributed by atoms with E-state index in [2.05, 4.69) is 10.6 Å². The highest BCUT2D eigenvalue weighted by atomic mass is 16.4. The lowest BCUT2D eigenvalue weighted by Crippen LogP contribution is -2.59. The van der Waals surface area contributed by atoms with Gasteiger partial charge in [0, 0.05) is 12.1 Å². The van der Waals surface area contributed by atoms with Gasteiger partial charge in [-0.15, -0.1) is 0 Å². The quantitative estimate of drug-likeness (QED) is 0.598. The van der Waals surface area contributed by atoms with Gasteiger partial charge in [-0.2, -0.15) is 0 Å². The van der Waals surface area contributed by atoms with Gasteiger partial charge in [0.1, 0.15) is 5.54 Å². The van der Waals surface area contributed by atoms with Crippen LogP contribution in [0.1, 0.15) is 46.0 Å². The van der Waals surface area contributed by atoms with Crippen LogP contribution >= 0.6 is 0 Å². The third-order valence-corrected chi connectivity index (χ3v) is 3.70. The zero-order valence-electron chi connectivity index (χ0n) is 11.0. The van der Waals surface area contributed by atoms with Gasteiger partial charge in [-0.1, -0.05) is 19.8 Å². The maximum atomic E-state index is 11.8. The fourth-order valence-electron chi connectivity index (χ4n) is 2.09. The van der Waals surface area contributed by atoms with Crippen molar-refractivity contribution in [2.75, 3.05) is 0 Å². The second-order valence-corrected chi connectivity index (χ2v) is 5.14. The fraction of sp³-hybridized carbons (Fsp3) is 0.833. The van der Waals surface area contributed by atoms with Gasteiger partial charge in [-0.3, -0.25) is 0 Å². The van der Waals surface area contributed by atoms with Crippen LogP contribution in [0.25, 0.3) is 0 Å². The molecule has 0 aliphatic heterocycles. The zero-order valence-corrected chi connectivity index (χ0v) is 11.0. The highest BCUT2D eigenvalue weighted by molar-refractivity contribution is 5.85. The number of hydrogen-bond acceptors (Lipinski definition) is 3. The molecule has 0 aromatic carbocycles. The van der Waals surface area contributed by atoms with E-state index in [1.165, 1.54) is 6.92 Å². The van der Waals surface area contributed by atoms with Crippen LogP contribution in [0.5, 0.6) is 0 Å². The Balaban J connectivity index is 2.52. The van der Waals surface area contributed by atoms with E-state index >= 15 is 0 Å². The van der Waals surface area contributed by atoms with Gasteiger partial charge in [0.25, 0.3) is 0 Å². The van der Waals surface area contributed by atoms with Gasteiger partial charge in [-0.05, 0) is 26.2 Å². The Labute approximate surface area is 107 Å². The van der Waals surface area contributed by atoms with Crippen LogP contribution < -0.4 is 16.4 Å². The van der Waals surface area contributed by atoms with Gasteiger partial charge in [0.05, 0.1) is 0 Å². The third-order valence-electron chi connectivity index (χ3n) is 3.70. The molecule has 0 aromatic heterocycles. The van der Waals surface area contributed by atoms with Crippen LogP contribution in [0.15, 0.2) is 0 Å². The third kappa shape index (κ3) is 3.60. The number of urea groups is 1. The van der Waals surface area contributed by atoms with Gasteiger partial charge in [-0.25, -0.2) is 9.59 Å². The van der Waals surface area contributed by atoms with Crippen LogP contribution in [-0.4, -0.2) is 34.7 Å². The molecule has 0 radical (unpaired) electrons. The van der Waals surface area contributed by atoms with Crippen LogP contribution in [0.4, 0.5) is 4.79 Å². The minimum absolute atomic E-state index is 0.0396. The van der Waals surface area contributed by atoms with Crippen LogP contribution in [0, 0.1) is 0 Å². The molecule has 1 fully saturated rings. The summed E-state index contributed by atoms with van der Waals surface area (Å²) in [5.41, 5.74) is 4.69. The molecule has 2 amide bonds. The van der Waals surface area contributed by atoms with E-state index in [-0.39, 0.29) is 12.1 Å². The summed E-state index contributed by atoms with van der Waals surface area (Å²) in [6.45, 7) is 3.22. The number of hydrogen-bond donors (Lipinski definition) is 4. The molecule has 1 aliphatic rings. The number of carboxylic acid groups (broad SMARTS) is 1. The van der Waals surface area contributed by atoms with E-state index in [0.29, 0.717) is 6.42 Å². The lowest BCUT2D eigenvalue weighted by atomic mass is 9.91. The summed E-state index contributed by atoms with van der Waals surface area (Å²) >= 11 is 0. The van der Waals surface area contributed by atoms with Crippen molar-refractivity contribution in [3.63, 3.8) is 0 Å². The molecule has 0 bridgehead atoms. The number of aliphatic carboxylic acids is 1. The predicted molar refractivity (Wildman–Crippen MR) is 68.2 cm³/mol. The average molecular weight is 257 g/mol. The summed E-state index contributed by atoms with van der Waals surface area (Å²) in [7, 11) is 0. The Kier molecular flexibility index (Phi) is 4.95. The molecule has 1 rings (SSSR count). The highest BCUT2D eigenvalue weighted by Gasteiger charge is 2.34.